The highest BCUT2D eigenvalue weighted by atomic mass is 19.4. The standard InChI is InChI=1S/C60H54F12N4O6/c1-9-42-31(5)55-54(35-19-40(81-27-33-15-36(57(61,62)63)21-37(16-33)58(64,65)66)23-41(20-35)82-28-34-17-38(59(67,68)69)22-39(18-34)60(70,71)72)56-32(6)43(10-2)49(76-56)25-47-30(4)45(12-14-53(78)80-8)51(74-47)26-50-44(11-13-52(77)79-7)29(3)46(73-50)24-48(42)75-55/h15-26,73-74H,9-14,27-28H2,1-8H3. The quantitative estimate of drug-likeness (QED) is 0.0768. The summed E-state index contributed by atoms with van der Waals surface area (Å²) in [4.78, 5) is 42.7. The lowest BCUT2D eigenvalue weighted by Crippen LogP contribution is -2.12. The lowest BCUT2D eigenvalue weighted by atomic mass is 9.93. The fourth-order valence-corrected chi connectivity index (χ4v) is 10.3. The van der Waals surface area contributed by atoms with Crippen LogP contribution in [0.2, 0.25) is 0 Å². The number of nitrogens with one attached hydrogen (secondary N) is 2. The summed E-state index contributed by atoms with van der Waals surface area (Å²) in [6.45, 7) is 9.39. The molecule has 2 aliphatic heterocycles. The summed E-state index contributed by atoms with van der Waals surface area (Å²) < 4.78 is 190. The van der Waals surface area contributed by atoms with Gasteiger partial charge in [-0.25, -0.2) is 9.97 Å². The Hall–Kier alpha value is -8.04. The number of ether oxygens (including phenoxy) is 4. The van der Waals surface area contributed by atoms with Gasteiger partial charge >= 0.3 is 36.6 Å². The molecule has 3 aromatic carbocycles. The SMILES string of the molecule is CCC1=C(C)c2nc1cc1[nH]c(cc3[nH]c(cc4nc(c2-c2cc(OCc5cc(C(F)(F)F)cc(C(F)(F)F)c5)cc(OCc5cc(C(F)(F)F)cc(C(F)(F)F)c5)c2)C(C)=C4CC)c(C)c3CCC(=O)OC)c(CCC(=O)OC)c1C. The summed E-state index contributed by atoms with van der Waals surface area (Å²) in [6, 6.07) is 11.4. The van der Waals surface area contributed by atoms with Crippen LogP contribution in [0.15, 0.2) is 72.8 Å². The fraction of sp³-hybridized carbons (Fsp3) is 0.333. The van der Waals surface area contributed by atoms with Gasteiger partial charge in [0.1, 0.15) is 24.7 Å². The molecule has 0 amide bonds. The average molecular weight is 1160 g/mol. The number of H-pyrrole nitrogens is 2. The Labute approximate surface area is 462 Å². The Morgan fingerprint density at radius 1 is 0.476 bits per heavy atom. The summed E-state index contributed by atoms with van der Waals surface area (Å²) in [5.74, 6) is -1.40. The van der Waals surface area contributed by atoms with E-state index in [4.69, 9.17) is 28.9 Å². The van der Waals surface area contributed by atoms with Crippen LogP contribution in [0.5, 0.6) is 11.5 Å². The largest absolute Gasteiger partial charge is 0.489 e. The number of benzene rings is 3. The van der Waals surface area contributed by atoms with Crippen molar-refractivity contribution in [2.45, 2.75) is 118 Å². The highest BCUT2D eigenvalue weighted by molar-refractivity contribution is 6.02. The van der Waals surface area contributed by atoms with Crippen LogP contribution < -0.4 is 9.47 Å². The molecule has 8 rings (SSSR count). The minimum Gasteiger partial charge on any atom is -0.489 e. The molecule has 5 heterocycles. The Balaban J connectivity index is 1.45. The second-order valence-electron chi connectivity index (χ2n) is 19.8. The molecule has 8 bridgehead atoms. The summed E-state index contributed by atoms with van der Waals surface area (Å²) in [6.07, 6.45) is -19.4. The van der Waals surface area contributed by atoms with Gasteiger partial charge in [0.2, 0.25) is 0 Å². The van der Waals surface area contributed by atoms with Gasteiger partial charge in [-0.3, -0.25) is 9.59 Å². The van der Waals surface area contributed by atoms with Crippen molar-refractivity contribution in [3.8, 4) is 22.6 Å². The van der Waals surface area contributed by atoms with E-state index in [9.17, 15) is 62.3 Å². The number of fused-ring (bicyclic) bond motifs is 8. The lowest BCUT2D eigenvalue weighted by Gasteiger charge is -2.17. The molecule has 0 fully saturated rings. The second kappa shape index (κ2) is 23.1. The van der Waals surface area contributed by atoms with E-state index < -0.39 is 83.2 Å². The van der Waals surface area contributed by atoms with Crippen LogP contribution in [-0.2, 0) is 69.8 Å². The zero-order valence-electron chi connectivity index (χ0n) is 45.5. The molecule has 0 atom stereocenters. The predicted octanol–water partition coefficient (Wildman–Crippen LogP) is 16.7. The molecule has 0 saturated heterocycles. The van der Waals surface area contributed by atoms with E-state index in [2.05, 4.69) is 9.97 Å². The Morgan fingerprint density at radius 2 is 0.829 bits per heavy atom. The van der Waals surface area contributed by atoms with E-state index in [1.54, 1.807) is 0 Å². The van der Waals surface area contributed by atoms with Gasteiger partial charge in [0.15, 0.2) is 0 Å². The van der Waals surface area contributed by atoms with Crippen molar-refractivity contribution in [1.29, 1.82) is 0 Å². The van der Waals surface area contributed by atoms with Gasteiger partial charge in [0.05, 0.1) is 59.2 Å². The molecule has 6 aromatic rings. The third-order valence-electron chi connectivity index (χ3n) is 14.5. The number of alkyl halides is 12. The van der Waals surface area contributed by atoms with Crippen molar-refractivity contribution in [2.75, 3.05) is 14.2 Å². The predicted molar refractivity (Wildman–Crippen MR) is 284 cm³/mol. The van der Waals surface area contributed by atoms with Crippen molar-refractivity contribution in [3.63, 3.8) is 0 Å². The molecule has 0 spiro atoms. The number of esters is 2. The first-order valence-electron chi connectivity index (χ1n) is 25.7. The Bertz CT molecular complexity index is 3450. The van der Waals surface area contributed by atoms with Gasteiger partial charge in [-0.15, -0.1) is 0 Å². The van der Waals surface area contributed by atoms with E-state index in [0.717, 1.165) is 39.5 Å². The van der Waals surface area contributed by atoms with Crippen molar-refractivity contribution < 1.29 is 81.2 Å². The molecule has 22 heteroatoms. The molecular formula is C60H54F12N4O6. The molecule has 2 aliphatic rings. The molecule has 0 saturated carbocycles. The van der Waals surface area contributed by atoms with Gasteiger partial charge in [0.25, 0.3) is 0 Å². The lowest BCUT2D eigenvalue weighted by molar-refractivity contribution is -0.144. The number of aryl methyl sites for hydroxylation is 4. The van der Waals surface area contributed by atoms with Gasteiger partial charge < -0.3 is 28.9 Å². The topological polar surface area (TPSA) is 128 Å². The monoisotopic (exact) mass is 1150 g/mol. The van der Waals surface area contributed by atoms with Gasteiger partial charge in [0, 0.05) is 46.5 Å². The molecule has 82 heavy (non-hydrogen) atoms. The smallest absolute Gasteiger partial charge is 0.416 e. The first-order chi connectivity index (χ1) is 38.4. The van der Waals surface area contributed by atoms with Crippen molar-refractivity contribution >= 4 is 56.3 Å². The third kappa shape index (κ3) is 12.8. The van der Waals surface area contributed by atoms with E-state index in [0.29, 0.717) is 93.1 Å². The second-order valence-corrected chi connectivity index (χ2v) is 19.8. The molecule has 434 valence electrons. The van der Waals surface area contributed by atoms with E-state index in [-0.39, 0.29) is 60.4 Å². The number of halogens is 12. The maximum Gasteiger partial charge on any atom is 0.416 e. The number of carbonyl (C=O) groups is 2. The van der Waals surface area contributed by atoms with Crippen molar-refractivity contribution in [2.24, 2.45) is 0 Å². The van der Waals surface area contributed by atoms with Crippen LogP contribution in [-0.4, -0.2) is 46.1 Å². The van der Waals surface area contributed by atoms with Gasteiger partial charge in [-0.2, -0.15) is 52.7 Å². The summed E-state index contributed by atoms with van der Waals surface area (Å²) in [5.41, 5.74) is 2.91. The number of allylic oxidation sites excluding steroid dienone is 4. The minimum absolute atomic E-state index is 0.0331. The number of hydrogen-bond acceptors (Lipinski definition) is 8. The van der Waals surface area contributed by atoms with E-state index in [1.807, 2.05) is 59.7 Å². The number of aromatic amines is 2. The minimum atomic E-state index is -5.20. The van der Waals surface area contributed by atoms with Crippen molar-refractivity contribution in [3.05, 3.63) is 151 Å². The van der Waals surface area contributed by atoms with Crippen LogP contribution in [0.3, 0.4) is 0 Å². The number of rotatable bonds is 15. The van der Waals surface area contributed by atoms with Crippen molar-refractivity contribution in [1.82, 2.24) is 19.9 Å². The van der Waals surface area contributed by atoms with E-state index >= 15 is 0 Å². The molecule has 0 radical (unpaired) electrons. The van der Waals surface area contributed by atoms with Crippen LogP contribution in [0, 0.1) is 13.8 Å². The van der Waals surface area contributed by atoms with Crippen LogP contribution >= 0.6 is 0 Å². The summed E-state index contributed by atoms with van der Waals surface area (Å²) in [5, 5.41) is 0. The fourth-order valence-electron chi connectivity index (χ4n) is 10.3. The first kappa shape index (κ1) is 60.1. The highest BCUT2D eigenvalue weighted by Gasteiger charge is 2.39. The summed E-state index contributed by atoms with van der Waals surface area (Å²) in [7, 11) is 2.58. The first-order valence-corrected chi connectivity index (χ1v) is 25.7. The van der Waals surface area contributed by atoms with Crippen LogP contribution in [0.1, 0.15) is 132 Å². The maximum atomic E-state index is 14.0. The van der Waals surface area contributed by atoms with E-state index in [1.165, 1.54) is 26.4 Å². The van der Waals surface area contributed by atoms with Gasteiger partial charge in [-0.1, -0.05) is 13.8 Å². The molecule has 0 unspecified atom stereocenters. The number of aromatic nitrogens is 4. The zero-order valence-corrected chi connectivity index (χ0v) is 45.5. The zero-order chi connectivity index (χ0) is 60.0. The molecule has 0 aliphatic carbocycles. The molecule has 3 aromatic heterocycles. The molecule has 10 nitrogen and oxygen atoms in total. The maximum absolute atomic E-state index is 14.0. The normalized spacial score (nSPS) is 13.3. The van der Waals surface area contributed by atoms with Gasteiger partial charge in [-0.05, 0) is 181 Å². The highest BCUT2D eigenvalue weighted by Crippen LogP contribution is 2.46. The third-order valence-corrected chi connectivity index (χ3v) is 14.5. The number of methoxy groups -OCH3 is 2. The summed E-state index contributed by atoms with van der Waals surface area (Å²) >= 11 is 0. The number of hydrogen-bond donors (Lipinski definition) is 2. The molecule has 2 N–H and O–H groups in total. The Kier molecular flexibility index (Phi) is 16.9. The molecular weight excluding hydrogens is 1100 g/mol. The van der Waals surface area contributed by atoms with Crippen LogP contribution in [0.4, 0.5) is 52.7 Å². The number of nitrogens with zero attached hydrogens (tertiary/aromatic N) is 2. The van der Waals surface area contributed by atoms with Crippen LogP contribution in [0.25, 0.3) is 55.5 Å². The average Bonchev–Trinajstić information content (AvgIpc) is 4.15. The Morgan fingerprint density at radius 3 is 1.15 bits per heavy atom. The number of carbonyl (C=O) groups excluding carboxylic acids is 2.